The number of hydrogen-bond donors (Lipinski definition) is 0. The van der Waals surface area contributed by atoms with Crippen LogP contribution < -0.4 is 0 Å². The van der Waals surface area contributed by atoms with Gasteiger partial charge in [-0.15, -0.1) is 0 Å². The van der Waals surface area contributed by atoms with Crippen molar-refractivity contribution >= 4 is 11.9 Å². The number of cyclic esters (lactones) is 2. The highest BCUT2D eigenvalue weighted by Gasteiger charge is 2.40. The van der Waals surface area contributed by atoms with Gasteiger partial charge in [0, 0.05) is 0 Å². The summed E-state index contributed by atoms with van der Waals surface area (Å²) in [4.78, 5) is 22.0. The van der Waals surface area contributed by atoms with Gasteiger partial charge in [-0.3, -0.25) is 9.59 Å². The Kier molecular flexibility index (Phi) is 2.50. The molecule has 1 aliphatic rings. The van der Waals surface area contributed by atoms with Crippen LogP contribution in [-0.2, 0) is 14.3 Å². The summed E-state index contributed by atoms with van der Waals surface area (Å²) in [5.74, 6) is -0.750. The molecule has 0 saturated carbocycles. The van der Waals surface area contributed by atoms with Crippen molar-refractivity contribution in [2.24, 2.45) is 17.8 Å². The molecule has 0 unspecified atom stereocenters. The summed E-state index contributed by atoms with van der Waals surface area (Å²) in [5, 5.41) is 0. The first kappa shape index (κ1) is 9.23. The maximum Gasteiger partial charge on any atom is 0.317 e. The molecule has 1 aliphatic heterocycles. The Bertz CT molecular complexity index is 208. The molecular formula is C9H14O3. The molecule has 1 heterocycles. The highest BCUT2D eigenvalue weighted by atomic mass is 16.6. The van der Waals surface area contributed by atoms with Crippen LogP contribution in [-0.4, -0.2) is 11.9 Å². The maximum absolute atomic E-state index is 11.1. The van der Waals surface area contributed by atoms with Crippen LogP contribution in [0, 0.1) is 17.8 Å². The molecule has 0 spiro atoms. The van der Waals surface area contributed by atoms with Crippen molar-refractivity contribution in [2.45, 2.75) is 27.2 Å². The minimum atomic E-state index is -0.370. The predicted molar refractivity (Wildman–Crippen MR) is 43.2 cm³/mol. The third-order valence-electron chi connectivity index (χ3n) is 2.20. The fourth-order valence-corrected chi connectivity index (χ4v) is 1.44. The van der Waals surface area contributed by atoms with Crippen LogP contribution in [0.15, 0.2) is 0 Å². The zero-order valence-electron chi connectivity index (χ0n) is 7.66. The fraction of sp³-hybridized carbons (Fsp3) is 0.778. The summed E-state index contributed by atoms with van der Waals surface area (Å²) in [6, 6.07) is 0. The van der Waals surface area contributed by atoms with E-state index < -0.39 is 0 Å². The zero-order chi connectivity index (χ0) is 9.30. The number of carbonyl (C=O) groups is 2. The normalized spacial score (nSPS) is 29.7. The average Bonchev–Trinajstić information content (AvgIpc) is 2.16. The van der Waals surface area contributed by atoms with Gasteiger partial charge >= 0.3 is 11.9 Å². The largest absolute Gasteiger partial charge is 0.393 e. The smallest absolute Gasteiger partial charge is 0.317 e. The van der Waals surface area contributed by atoms with Crippen LogP contribution in [0.2, 0.25) is 0 Å². The highest BCUT2D eigenvalue weighted by molar-refractivity contribution is 5.96. The number of hydrogen-bond acceptors (Lipinski definition) is 3. The quantitative estimate of drug-likeness (QED) is 0.464. The lowest BCUT2D eigenvalue weighted by Crippen LogP contribution is -2.16. The Balaban J connectivity index is 2.63. The first-order valence-corrected chi connectivity index (χ1v) is 4.28. The van der Waals surface area contributed by atoms with Gasteiger partial charge in [-0.1, -0.05) is 20.8 Å². The Morgan fingerprint density at radius 1 is 1.33 bits per heavy atom. The fourth-order valence-electron chi connectivity index (χ4n) is 1.44. The lowest BCUT2D eigenvalue weighted by molar-refractivity contribution is -0.153. The third kappa shape index (κ3) is 1.65. The van der Waals surface area contributed by atoms with Gasteiger partial charge in [-0.2, -0.15) is 0 Å². The molecule has 1 fully saturated rings. The van der Waals surface area contributed by atoms with Crippen LogP contribution in [0.4, 0.5) is 0 Å². The monoisotopic (exact) mass is 170 g/mol. The Hall–Kier alpha value is -0.860. The van der Waals surface area contributed by atoms with Crippen molar-refractivity contribution < 1.29 is 14.3 Å². The SMILES string of the molecule is CC(C)C[C@H]1C(=O)OC(=O)[C@H]1C. The Labute approximate surface area is 72.1 Å². The highest BCUT2D eigenvalue weighted by Crippen LogP contribution is 2.28. The molecule has 0 bridgehead atoms. The third-order valence-corrected chi connectivity index (χ3v) is 2.20. The molecule has 0 aliphatic carbocycles. The number of ether oxygens (including phenoxy) is 1. The lowest BCUT2D eigenvalue weighted by atomic mass is 9.89. The van der Waals surface area contributed by atoms with E-state index in [1.165, 1.54) is 0 Å². The topological polar surface area (TPSA) is 43.4 Å². The second-order valence-corrected chi connectivity index (χ2v) is 3.76. The van der Waals surface area contributed by atoms with Crippen LogP contribution in [0.25, 0.3) is 0 Å². The Morgan fingerprint density at radius 3 is 2.25 bits per heavy atom. The van der Waals surface area contributed by atoms with Crippen LogP contribution in [0.5, 0.6) is 0 Å². The van der Waals surface area contributed by atoms with Gasteiger partial charge in [0.25, 0.3) is 0 Å². The van der Waals surface area contributed by atoms with Gasteiger partial charge in [0.2, 0.25) is 0 Å². The molecule has 1 rings (SSSR count). The molecule has 12 heavy (non-hydrogen) atoms. The van der Waals surface area contributed by atoms with Gasteiger partial charge < -0.3 is 4.74 Å². The molecule has 0 aromatic heterocycles. The van der Waals surface area contributed by atoms with E-state index in [-0.39, 0.29) is 23.8 Å². The summed E-state index contributed by atoms with van der Waals surface area (Å²) in [6.07, 6.45) is 0.742. The molecule has 0 aromatic carbocycles. The van der Waals surface area contributed by atoms with Gasteiger partial charge in [-0.25, -0.2) is 0 Å². The maximum atomic E-state index is 11.1. The molecule has 3 heteroatoms. The van der Waals surface area contributed by atoms with Gasteiger partial charge in [0.15, 0.2) is 0 Å². The number of carbonyl (C=O) groups excluding carboxylic acids is 2. The van der Waals surface area contributed by atoms with Crippen LogP contribution in [0.3, 0.4) is 0 Å². The molecule has 0 radical (unpaired) electrons. The molecule has 0 N–H and O–H groups in total. The minimum absolute atomic E-state index is 0.211. The van der Waals surface area contributed by atoms with Crippen molar-refractivity contribution in [1.82, 2.24) is 0 Å². The summed E-state index contributed by atoms with van der Waals surface area (Å²) in [6.45, 7) is 5.81. The summed E-state index contributed by atoms with van der Waals surface area (Å²) in [7, 11) is 0. The van der Waals surface area contributed by atoms with Gasteiger partial charge in [-0.05, 0) is 12.3 Å². The van der Waals surface area contributed by atoms with E-state index in [2.05, 4.69) is 4.74 Å². The lowest BCUT2D eigenvalue weighted by Gasteiger charge is -2.10. The molecule has 0 amide bonds. The van der Waals surface area contributed by atoms with E-state index in [4.69, 9.17) is 0 Å². The molecule has 2 atom stereocenters. The van der Waals surface area contributed by atoms with Crippen LogP contribution >= 0.6 is 0 Å². The van der Waals surface area contributed by atoms with Crippen LogP contribution in [0.1, 0.15) is 27.2 Å². The first-order valence-electron chi connectivity index (χ1n) is 4.28. The van der Waals surface area contributed by atoms with Crippen molar-refractivity contribution in [3.8, 4) is 0 Å². The van der Waals surface area contributed by atoms with E-state index >= 15 is 0 Å². The van der Waals surface area contributed by atoms with Crippen molar-refractivity contribution in [3.05, 3.63) is 0 Å². The van der Waals surface area contributed by atoms with E-state index in [0.717, 1.165) is 6.42 Å². The predicted octanol–water partition coefficient (Wildman–Crippen LogP) is 1.37. The van der Waals surface area contributed by atoms with E-state index in [1.807, 2.05) is 13.8 Å². The molecule has 0 aromatic rings. The van der Waals surface area contributed by atoms with Gasteiger partial charge in [0.05, 0.1) is 11.8 Å². The Morgan fingerprint density at radius 2 is 1.92 bits per heavy atom. The standard InChI is InChI=1S/C9H14O3/c1-5(2)4-7-6(3)8(10)12-9(7)11/h5-7H,4H2,1-3H3/t6-,7+/m0/s1. The number of esters is 2. The zero-order valence-corrected chi connectivity index (χ0v) is 7.66. The van der Waals surface area contributed by atoms with E-state index in [0.29, 0.717) is 5.92 Å². The molecule has 1 saturated heterocycles. The van der Waals surface area contributed by atoms with E-state index in [1.54, 1.807) is 6.92 Å². The molecular weight excluding hydrogens is 156 g/mol. The second-order valence-electron chi connectivity index (χ2n) is 3.76. The molecule has 3 nitrogen and oxygen atoms in total. The van der Waals surface area contributed by atoms with Gasteiger partial charge in [0.1, 0.15) is 0 Å². The summed E-state index contributed by atoms with van der Waals surface area (Å²) < 4.78 is 4.51. The number of rotatable bonds is 2. The molecule has 68 valence electrons. The van der Waals surface area contributed by atoms with Crippen molar-refractivity contribution in [2.75, 3.05) is 0 Å². The van der Waals surface area contributed by atoms with E-state index in [9.17, 15) is 9.59 Å². The summed E-state index contributed by atoms with van der Waals surface area (Å²) in [5.41, 5.74) is 0. The van der Waals surface area contributed by atoms with Crippen molar-refractivity contribution in [3.63, 3.8) is 0 Å². The first-order chi connectivity index (χ1) is 5.52. The summed E-state index contributed by atoms with van der Waals surface area (Å²) >= 11 is 0. The van der Waals surface area contributed by atoms with Crippen molar-refractivity contribution in [1.29, 1.82) is 0 Å². The average molecular weight is 170 g/mol. The second kappa shape index (κ2) is 3.25. The minimum Gasteiger partial charge on any atom is -0.393 e.